The number of hydrogen-bond donors (Lipinski definition) is 1. The lowest BCUT2D eigenvalue weighted by molar-refractivity contribution is 0.502. The first-order valence-electron chi connectivity index (χ1n) is 8.31. The number of benzene rings is 1. The standard InChI is InChI=1S/C18H29NOS/c1-4-19-18-16-10-6-5-8-15(16)9-7-11-17(18)21(20)13-12-14(2)3/h5-6,8,10,14,17-19H,4,7,9,11-13H2,1-3H3. The van der Waals surface area contributed by atoms with Gasteiger partial charge in [0.2, 0.25) is 0 Å². The first-order valence-corrected chi connectivity index (χ1v) is 9.70. The molecular weight excluding hydrogens is 278 g/mol. The molecule has 0 heterocycles. The molecule has 3 atom stereocenters. The maximum Gasteiger partial charge on any atom is 0.0543 e. The van der Waals surface area contributed by atoms with Crippen molar-refractivity contribution in [2.24, 2.45) is 5.92 Å². The Balaban J connectivity index is 2.21. The first kappa shape index (κ1) is 16.7. The molecule has 1 N–H and O–H groups in total. The topological polar surface area (TPSA) is 29.1 Å². The van der Waals surface area contributed by atoms with Crippen LogP contribution in [-0.4, -0.2) is 21.8 Å². The van der Waals surface area contributed by atoms with Gasteiger partial charge in [0.15, 0.2) is 0 Å². The molecule has 1 aliphatic rings. The number of fused-ring (bicyclic) bond motifs is 1. The average Bonchev–Trinajstić information content (AvgIpc) is 2.65. The van der Waals surface area contributed by atoms with Crippen LogP contribution in [-0.2, 0) is 17.2 Å². The van der Waals surface area contributed by atoms with Crippen LogP contribution in [0.15, 0.2) is 24.3 Å². The number of nitrogens with one attached hydrogen (secondary N) is 1. The monoisotopic (exact) mass is 307 g/mol. The maximum absolute atomic E-state index is 12.8. The van der Waals surface area contributed by atoms with Gasteiger partial charge in [-0.2, -0.15) is 0 Å². The largest absolute Gasteiger partial charge is 0.309 e. The summed E-state index contributed by atoms with van der Waals surface area (Å²) in [6, 6.07) is 8.95. The molecule has 118 valence electrons. The van der Waals surface area contributed by atoms with Crippen molar-refractivity contribution >= 4 is 10.8 Å². The third kappa shape index (κ3) is 4.40. The van der Waals surface area contributed by atoms with Crippen molar-refractivity contribution < 1.29 is 4.21 Å². The number of hydrogen-bond acceptors (Lipinski definition) is 2. The minimum absolute atomic E-state index is 0.252. The molecule has 0 aromatic heterocycles. The van der Waals surface area contributed by atoms with Crippen molar-refractivity contribution in [3.8, 4) is 0 Å². The first-order chi connectivity index (χ1) is 10.1. The van der Waals surface area contributed by atoms with Gasteiger partial charge in [-0.25, -0.2) is 0 Å². The average molecular weight is 308 g/mol. The fourth-order valence-corrected chi connectivity index (χ4v) is 5.16. The van der Waals surface area contributed by atoms with Crippen LogP contribution in [0.2, 0.25) is 0 Å². The lowest BCUT2D eigenvalue weighted by Crippen LogP contribution is -2.35. The van der Waals surface area contributed by atoms with Gasteiger partial charge in [-0.05, 0) is 49.3 Å². The normalized spacial score (nSPS) is 23.6. The van der Waals surface area contributed by atoms with Gasteiger partial charge in [0.1, 0.15) is 0 Å². The van der Waals surface area contributed by atoms with E-state index in [1.807, 2.05) is 0 Å². The molecule has 3 heteroatoms. The van der Waals surface area contributed by atoms with Crippen molar-refractivity contribution in [3.63, 3.8) is 0 Å². The van der Waals surface area contributed by atoms with E-state index < -0.39 is 10.8 Å². The summed E-state index contributed by atoms with van der Waals surface area (Å²) in [6.45, 7) is 7.49. The van der Waals surface area contributed by atoms with Crippen LogP contribution in [0.4, 0.5) is 0 Å². The van der Waals surface area contributed by atoms with Gasteiger partial charge < -0.3 is 5.32 Å². The van der Waals surface area contributed by atoms with Crippen LogP contribution >= 0.6 is 0 Å². The Morgan fingerprint density at radius 3 is 2.81 bits per heavy atom. The summed E-state index contributed by atoms with van der Waals surface area (Å²) in [7, 11) is -0.739. The fraction of sp³-hybridized carbons (Fsp3) is 0.667. The predicted molar refractivity (Wildman–Crippen MR) is 92.1 cm³/mol. The lowest BCUT2D eigenvalue weighted by atomic mass is 9.99. The summed E-state index contributed by atoms with van der Waals surface area (Å²) in [5, 5.41) is 3.86. The predicted octanol–water partition coefficient (Wildman–Crippen LogP) is 3.84. The van der Waals surface area contributed by atoms with E-state index in [0.29, 0.717) is 5.92 Å². The number of rotatable bonds is 6. The van der Waals surface area contributed by atoms with Gasteiger partial charge in [0, 0.05) is 22.6 Å². The Kier molecular flexibility index (Phi) is 6.43. The van der Waals surface area contributed by atoms with Gasteiger partial charge in [-0.15, -0.1) is 0 Å². The summed E-state index contributed by atoms with van der Waals surface area (Å²) in [4.78, 5) is 0. The van der Waals surface area contributed by atoms with E-state index in [4.69, 9.17) is 0 Å². The lowest BCUT2D eigenvalue weighted by Gasteiger charge is -2.27. The van der Waals surface area contributed by atoms with E-state index in [9.17, 15) is 4.21 Å². The Morgan fingerprint density at radius 2 is 2.10 bits per heavy atom. The SMILES string of the molecule is CCNC1c2ccccc2CCCC1S(=O)CCC(C)C. The van der Waals surface area contributed by atoms with Crippen molar-refractivity contribution in [1.29, 1.82) is 0 Å². The molecule has 0 amide bonds. The van der Waals surface area contributed by atoms with Crippen LogP contribution in [0.25, 0.3) is 0 Å². The molecule has 2 rings (SSSR count). The molecule has 3 unspecified atom stereocenters. The van der Waals surface area contributed by atoms with Gasteiger partial charge in [-0.1, -0.05) is 45.0 Å². The zero-order valence-electron chi connectivity index (χ0n) is 13.6. The third-order valence-electron chi connectivity index (χ3n) is 4.35. The van der Waals surface area contributed by atoms with E-state index in [0.717, 1.165) is 38.0 Å². The van der Waals surface area contributed by atoms with Crippen molar-refractivity contribution in [2.45, 2.75) is 57.7 Å². The summed E-state index contributed by atoms with van der Waals surface area (Å²) in [5.41, 5.74) is 2.81. The quantitative estimate of drug-likeness (QED) is 0.809. The van der Waals surface area contributed by atoms with E-state index in [1.165, 1.54) is 11.1 Å². The molecule has 1 aromatic carbocycles. The Labute approximate surface area is 132 Å². The fourth-order valence-electron chi connectivity index (χ4n) is 3.17. The molecule has 1 aliphatic carbocycles. The second-order valence-electron chi connectivity index (χ2n) is 6.43. The van der Waals surface area contributed by atoms with E-state index in [-0.39, 0.29) is 11.3 Å². The molecule has 0 saturated heterocycles. The van der Waals surface area contributed by atoms with Crippen LogP contribution in [0.1, 0.15) is 57.2 Å². The van der Waals surface area contributed by atoms with E-state index >= 15 is 0 Å². The second kappa shape index (κ2) is 8.09. The highest BCUT2D eigenvalue weighted by Gasteiger charge is 2.31. The Hall–Kier alpha value is -0.670. The van der Waals surface area contributed by atoms with Crippen LogP contribution in [0.5, 0.6) is 0 Å². The van der Waals surface area contributed by atoms with Crippen molar-refractivity contribution in [1.82, 2.24) is 5.32 Å². The summed E-state index contributed by atoms with van der Waals surface area (Å²) in [6.07, 6.45) is 4.40. The molecule has 0 bridgehead atoms. The van der Waals surface area contributed by atoms with E-state index in [1.54, 1.807) is 0 Å². The minimum Gasteiger partial charge on any atom is -0.309 e. The highest BCUT2D eigenvalue weighted by Crippen LogP contribution is 2.32. The second-order valence-corrected chi connectivity index (χ2v) is 8.21. The summed E-state index contributed by atoms with van der Waals surface area (Å²) < 4.78 is 12.8. The molecule has 1 aromatic rings. The molecule has 21 heavy (non-hydrogen) atoms. The summed E-state index contributed by atoms with van der Waals surface area (Å²) in [5.74, 6) is 1.47. The third-order valence-corrected chi connectivity index (χ3v) is 6.18. The van der Waals surface area contributed by atoms with Gasteiger partial charge in [0.25, 0.3) is 0 Å². The molecule has 0 radical (unpaired) electrons. The van der Waals surface area contributed by atoms with Gasteiger partial charge in [0.05, 0.1) is 5.25 Å². The number of aryl methyl sites for hydroxylation is 1. The highest BCUT2D eigenvalue weighted by atomic mass is 32.2. The molecule has 0 fully saturated rings. The van der Waals surface area contributed by atoms with E-state index in [2.05, 4.69) is 50.4 Å². The molecule has 2 nitrogen and oxygen atoms in total. The highest BCUT2D eigenvalue weighted by molar-refractivity contribution is 7.85. The maximum atomic E-state index is 12.8. The Morgan fingerprint density at radius 1 is 1.33 bits per heavy atom. The Bertz CT molecular complexity index is 472. The molecule has 0 saturated carbocycles. The molecular formula is C18H29NOS. The smallest absolute Gasteiger partial charge is 0.0543 e. The van der Waals surface area contributed by atoms with Crippen LogP contribution in [0.3, 0.4) is 0 Å². The zero-order chi connectivity index (χ0) is 15.2. The van der Waals surface area contributed by atoms with Crippen molar-refractivity contribution in [3.05, 3.63) is 35.4 Å². The summed E-state index contributed by atoms with van der Waals surface area (Å²) >= 11 is 0. The molecule has 0 spiro atoms. The van der Waals surface area contributed by atoms with Crippen LogP contribution < -0.4 is 5.32 Å². The van der Waals surface area contributed by atoms with Gasteiger partial charge in [-0.3, -0.25) is 4.21 Å². The van der Waals surface area contributed by atoms with Crippen LogP contribution in [0, 0.1) is 5.92 Å². The van der Waals surface area contributed by atoms with Crippen molar-refractivity contribution in [2.75, 3.05) is 12.3 Å². The zero-order valence-corrected chi connectivity index (χ0v) is 14.4. The molecule has 0 aliphatic heterocycles. The minimum atomic E-state index is -0.739. The van der Waals surface area contributed by atoms with Gasteiger partial charge >= 0.3 is 0 Å².